The van der Waals surface area contributed by atoms with Crippen molar-refractivity contribution >= 4 is 11.7 Å². The number of hydrogen-bond donors (Lipinski definition) is 0. The summed E-state index contributed by atoms with van der Waals surface area (Å²) in [6, 6.07) is 7.13. The topological polar surface area (TPSA) is 38.8 Å². The highest BCUT2D eigenvalue weighted by Crippen LogP contribution is 2.17. The molecule has 1 aliphatic heterocycles. The van der Waals surface area contributed by atoms with E-state index in [1.807, 2.05) is 24.3 Å². The number of nitrogens with zero attached hydrogens (tertiary/aromatic N) is 1. The van der Waals surface area contributed by atoms with Gasteiger partial charge in [-0.25, -0.2) is 4.79 Å². The van der Waals surface area contributed by atoms with Crippen LogP contribution in [0.1, 0.15) is 10.4 Å². The molecule has 2 rings (SSSR count). The lowest BCUT2D eigenvalue weighted by atomic mass is 10.2. The summed E-state index contributed by atoms with van der Waals surface area (Å²) in [6.07, 6.45) is 4.01. The highest BCUT2D eigenvalue weighted by molar-refractivity contribution is 5.89. The van der Waals surface area contributed by atoms with Gasteiger partial charge >= 0.3 is 5.97 Å². The van der Waals surface area contributed by atoms with E-state index in [1.54, 1.807) is 17.2 Å². The van der Waals surface area contributed by atoms with Gasteiger partial charge in [0.2, 0.25) is 0 Å². The zero-order valence-corrected chi connectivity index (χ0v) is 9.05. The Hall–Kier alpha value is -1.81. The maximum absolute atomic E-state index is 11.2. The largest absolute Gasteiger partial charge is 0.465 e. The van der Waals surface area contributed by atoms with Gasteiger partial charge in [-0.05, 0) is 24.3 Å². The van der Waals surface area contributed by atoms with Crippen LogP contribution in [0.3, 0.4) is 0 Å². The van der Waals surface area contributed by atoms with Crippen LogP contribution in [0.4, 0.5) is 5.69 Å². The zero-order valence-electron chi connectivity index (χ0n) is 9.05. The summed E-state index contributed by atoms with van der Waals surface area (Å²) in [6.45, 7) is 1.30. The maximum Gasteiger partial charge on any atom is 0.337 e. The quantitative estimate of drug-likeness (QED) is 0.561. The fraction of sp³-hybridized carbons (Fsp3) is 0.250. The number of carbonyl (C=O) groups excluding carboxylic acids is 1. The van der Waals surface area contributed by atoms with Crippen molar-refractivity contribution < 1.29 is 14.4 Å². The Kier molecular flexibility index (Phi) is 3.22. The molecule has 1 heterocycles. The summed E-state index contributed by atoms with van der Waals surface area (Å²) in [5.74, 6) is -0.328. The molecule has 1 aromatic rings. The first-order chi connectivity index (χ1) is 7.81. The van der Waals surface area contributed by atoms with E-state index in [-0.39, 0.29) is 5.97 Å². The highest BCUT2D eigenvalue weighted by atomic mass is 16.7. The Bertz CT molecular complexity index is 397. The van der Waals surface area contributed by atoms with Crippen molar-refractivity contribution in [2.24, 2.45) is 0 Å². The lowest BCUT2D eigenvalue weighted by Crippen LogP contribution is -2.26. The van der Waals surface area contributed by atoms with E-state index in [0.29, 0.717) is 12.2 Å². The second-order valence-corrected chi connectivity index (χ2v) is 3.37. The molecular formula is C12H13NO3. The van der Waals surface area contributed by atoms with E-state index in [2.05, 4.69) is 4.74 Å². The Morgan fingerprint density at radius 1 is 1.31 bits per heavy atom. The maximum atomic E-state index is 11.2. The minimum Gasteiger partial charge on any atom is -0.465 e. The van der Waals surface area contributed by atoms with Crippen LogP contribution >= 0.6 is 0 Å². The molecule has 0 atom stereocenters. The monoisotopic (exact) mass is 219 g/mol. The van der Waals surface area contributed by atoms with Gasteiger partial charge < -0.3 is 4.74 Å². The molecule has 0 radical (unpaired) electrons. The standard InChI is InChI=1S/C12H13NO3/c1-15-12(14)10-4-6-11(7-5-10)13-8-2-3-9-16-13/h2-7H,8-9H2,1H3. The predicted octanol–water partition coefficient (Wildman–Crippen LogP) is 1.78. The molecule has 1 aliphatic rings. The summed E-state index contributed by atoms with van der Waals surface area (Å²) in [7, 11) is 1.37. The van der Waals surface area contributed by atoms with Gasteiger partial charge in [0, 0.05) is 0 Å². The summed E-state index contributed by atoms with van der Waals surface area (Å²) < 4.78 is 4.63. The second kappa shape index (κ2) is 4.81. The number of rotatable bonds is 2. The summed E-state index contributed by atoms with van der Waals surface area (Å²) in [5, 5.41) is 1.78. The third kappa shape index (κ3) is 2.23. The number of esters is 1. The minimum absolute atomic E-state index is 0.328. The molecule has 16 heavy (non-hydrogen) atoms. The molecule has 4 nitrogen and oxygen atoms in total. The van der Waals surface area contributed by atoms with Crippen molar-refractivity contribution in [3.63, 3.8) is 0 Å². The fourth-order valence-corrected chi connectivity index (χ4v) is 1.49. The summed E-state index contributed by atoms with van der Waals surface area (Å²) in [4.78, 5) is 16.6. The van der Waals surface area contributed by atoms with Gasteiger partial charge in [0.05, 0.1) is 31.5 Å². The number of hydrogen-bond acceptors (Lipinski definition) is 4. The van der Waals surface area contributed by atoms with Crippen LogP contribution in [0.15, 0.2) is 36.4 Å². The Morgan fingerprint density at radius 2 is 2.06 bits per heavy atom. The van der Waals surface area contributed by atoms with Crippen molar-refractivity contribution in [1.82, 2.24) is 0 Å². The second-order valence-electron chi connectivity index (χ2n) is 3.37. The molecule has 0 N–H and O–H groups in total. The van der Waals surface area contributed by atoms with Crippen molar-refractivity contribution in [2.75, 3.05) is 25.3 Å². The van der Waals surface area contributed by atoms with Crippen molar-refractivity contribution in [2.45, 2.75) is 0 Å². The molecule has 0 amide bonds. The molecule has 0 unspecified atom stereocenters. The van der Waals surface area contributed by atoms with Crippen LogP contribution in [0.25, 0.3) is 0 Å². The number of hydroxylamine groups is 1. The van der Waals surface area contributed by atoms with Crippen LogP contribution < -0.4 is 5.06 Å². The first-order valence-electron chi connectivity index (χ1n) is 5.05. The van der Waals surface area contributed by atoms with E-state index in [4.69, 9.17) is 4.84 Å². The average Bonchev–Trinajstić information content (AvgIpc) is 2.39. The van der Waals surface area contributed by atoms with Gasteiger partial charge in [0.15, 0.2) is 0 Å². The number of ether oxygens (including phenoxy) is 1. The molecule has 0 aromatic heterocycles. The van der Waals surface area contributed by atoms with Gasteiger partial charge in [-0.3, -0.25) is 9.90 Å². The molecule has 0 bridgehead atoms. The lowest BCUT2D eigenvalue weighted by Gasteiger charge is -2.24. The Morgan fingerprint density at radius 3 is 2.62 bits per heavy atom. The smallest absolute Gasteiger partial charge is 0.337 e. The van der Waals surface area contributed by atoms with Gasteiger partial charge in [-0.1, -0.05) is 12.2 Å². The Balaban J connectivity index is 2.12. The zero-order chi connectivity index (χ0) is 11.4. The average molecular weight is 219 g/mol. The van der Waals surface area contributed by atoms with Gasteiger partial charge in [0.1, 0.15) is 0 Å². The van der Waals surface area contributed by atoms with Gasteiger partial charge in [0.25, 0.3) is 0 Å². The molecule has 0 aliphatic carbocycles. The SMILES string of the molecule is COC(=O)c1ccc(N2CC=CCO2)cc1. The van der Waals surface area contributed by atoms with Crippen molar-refractivity contribution in [1.29, 1.82) is 0 Å². The molecule has 0 saturated carbocycles. The van der Waals surface area contributed by atoms with Crippen LogP contribution in [-0.4, -0.2) is 26.2 Å². The van der Waals surface area contributed by atoms with E-state index >= 15 is 0 Å². The molecule has 0 saturated heterocycles. The molecule has 1 aromatic carbocycles. The Labute approximate surface area is 94.0 Å². The van der Waals surface area contributed by atoms with Crippen LogP contribution in [0, 0.1) is 0 Å². The van der Waals surface area contributed by atoms with Gasteiger partial charge in [-0.15, -0.1) is 0 Å². The molecule has 4 heteroatoms. The lowest BCUT2D eigenvalue weighted by molar-refractivity contribution is 0.0600. The van der Waals surface area contributed by atoms with Gasteiger partial charge in [-0.2, -0.15) is 0 Å². The molecule has 0 fully saturated rings. The summed E-state index contributed by atoms with van der Waals surface area (Å²) >= 11 is 0. The summed E-state index contributed by atoms with van der Waals surface area (Å²) in [5.41, 5.74) is 1.47. The third-order valence-corrected chi connectivity index (χ3v) is 2.34. The minimum atomic E-state index is -0.328. The molecule has 84 valence electrons. The van der Waals surface area contributed by atoms with E-state index in [0.717, 1.165) is 12.2 Å². The van der Waals surface area contributed by atoms with Crippen molar-refractivity contribution in [3.8, 4) is 0 Å². The first-order valence-corrected chi connectivity index (χ1v) is 5.05. The predicted molar refractivity (Wildman–Crippen MR) is 60.2 cm³/mol. The number of methoxy groups -OCH3 is 1. The highest BCUT2D eigenvalue weighted by Gasteiger charge is 2.10. The normalized spacial score (nSPS) is 14.9. The number of benzene rings is 1. The first kappa shape index (κ1) is 10.7. The van der Waals surface area contributed by atoms with Crippen LogP contribution in [0.2, 0.25) is 0 Å². The van der Waals surface area contributed by atoms with Crippen molar-refractivity contribution in [3.05, 3.63) is 42.0 Å². The number of carbonyl (C=O) groups is 1. The van der Waals surface area contributed by atoms with E-state index < -0.39 is 0 Å². The van der Waals surface area contributed by atoms with Crippen LogP contribution in [0.5, 0.6) is 0 Å². The molecular weight excluding hydrogens is 206 g/mol. The van der Waals surface area contributed by atoms with E-state index in [1.165, 1.54) is 7.11 Å². The van der Waals surface area contributed by atoms with Crippen LogP contribution in [-0.2, 0) is 9.57 Å². The van der Waals surface area contributed by atoms with E-state index in [9.17, 15) is 4.79 Å². The fourth-order valence-electron chi connectivity index (χ4n) is 1.49. The number of anilines is 1. The third-order valence-electron chi connectivity index (χ3n) is 2.34. The molecule has 0 spiro atoms.